The molecule has 1 aromatic rings. The number of carbonyl (C=O) groups is 2. The van der Waals surface area contributed by atoms with E-state index in [4.69, 9.17) is 14.2 Å². The summed E-state index contributed by atoms with van der Waals surface area (Å²) in [4.78, 5) is 28.2. The Bertz CT molecular complexity index is 976. The van der Waals surface area contributed by atoms with Crippen molar-refractivity contribution in [1.29, 1.82) is 0 Å². The van der Waals surface area contributed by atoms with E-state index in [-0.39, 0.29) is 11.8 Å². The highest BCUT2D eigenvalue weighted by Crippen LogP contribution is 2.47. The van der Waals surface area contributed by atoms with Crippen LogP contribution < -0.4 is 14.8 Å². The molecule has 0 aromatic heterocycles. The van der Waals surface area contributed by atoms with E-state index >= 15 is 0 Å². The summed E-state index contributed by atoms with van der Waals surface area (Å²) in [6.45, 7) is 16.3. The molecular formula is C29H46N2O6. The maximum atomic E-state index is 13.9. The van der Waals surface area contributed by atoms with Crippen LogP contribution in [0.15, 0.2) is 18.2 Å². The first kappa shape index (κ1) is 29.1. The van der Waals surface area contributed by atoms with Crippen LogP contribution in [0.2, 0.25) is 0 Å². The lowest BCUT2D eigenvalue weighted by Gasteiger charge is -2.35. The number of hydrogen-bond donors (Lipinski definition) is 2. The minimum Gasteiger partial charge on any atom is -0.493 e. The fourth-order valence-electron chi connectivity index (χ4n) is 4.86. The van der Waals surface area contributed by atoms with Crippen LogP contribution in [0.1, 0.15) is 79.7 Å². The van der Waals surface area contributed by atoms with Crippen molar-refractivity contribution in [3.63, 3.8) is 0 Å². The second kappa shape index (κ2) is 10.7. The summed E-state index contributed by atoms with van der Waals surface area (Å²) >= 11 is 0. The minimum absolute atomic E-state index is 0.132. The SMILES string of the molecule is COc1ccc([C@@H]2CN(C(=O)[C@H](NC(=O)OC(C)(C)C)C(C)(C)C)C[C@@]2(C)C(C)O)cc1OCC1CC1. The van der Waals surface area contributed by atoms with E-state index in [2.05, 4.69) is 5.32 Å². The molecule has 37 heavy (non-hydrogen) atoms. The van der Waals surface area contributed by atoms with Gasteiger partial charge in [0.2, 0.25) is 5.91 Å². The highest BCUT2D eigenvalue weighted by molar-refractivity contribution is 5.87. The third-order valence-electron chi connectivity index (χ3n) is 7.53. The number of rotatable bonds is 8. The first-order valence-corrected chi connectivity index (χ1v) is 13.3. The topological polar surface area (TPSA) is 97.3 Å². The molecule has 1 unspecified atom stereocenters. The van der Waals surface area contributed by atoms with Gasteiger partial charge in [-0.25, -0.2) is 4.79 Å². The summed E-state index contributed by atoms with van der Waals surface area (Å²) < 4.78 is 17.1. The molecule has 0 radical (unpaired) electrons. The average molecular weight is 519 g/mol. The number of carbonyl (C=O) groups excluding carboxylic acids is 2. The second-order valence-electron chi connectivity index (χ2n) is 13.1. The molecule has 2 aliphatic rings. The fourth-order valence-corrected chi connectivity index (χ4v) is 4.86. The number of likely N-dealkylation sites (tertiary alicyclic amines) is 1. The summed E-state index contributed by atoms with van der Waals surface area (Å²) in [5, 5.41) is 13.7. The molecule has 8 heteroatoms. The zero-order chi connectivity index (χ0) is 27.8. The number of aliphatic hydroxyl groups excluding tert-OH is 1. The van der Waals surface area contributed by atoms with Gasteiger partial charge in [0.25, 0.3) is 0 Å². The van der Waals surface area contributed by atoms with Crippen LogP contribution in [0.3, 0.4) is 0 Å². The standard InChI is InChI=1S/C29H46N2O6/c1-18(32)29(8)17-31(25(33)24(27(2,3)4)30-26(34)37-28(5,6)7)15-21(29)20-12-13-22(35-9)23(14-20)36-16-19-10-11-19/h12-14,18-19,21,24,32H,10-11,15-17H2,1-9H3,(H,30,34)/t18?,21-,24-,29-/m0/s1. The summed E-state index contributed by atoms with van der Waals surface area (Å²) in [5.41, 5.74) is -0.825. The Balaban J connectivity index is 1.87. The molecule has 8 nitrogen and oxygen atoms in total. The maximum Gasteiger partial charge on any atom is 0.408 e. The van der Waals surface area contributed by atoms with E-state index in [9.17, 15) is 14.7 Å². The van der Waals surface area contributed by atoms with Crippen LogP contribution in [0.25, 0.3) is 0 Å². The van der Waals surface area contributed by atoms with Crippen molar-refractivity contribution in [2.24, 2.45) is 16.7 Å². The van der Waals surface area contributed by atoms with Crippen molar-refractivity contribution >= 4 is 12.0 Å². The summed E-state index contributed by atoms with van der Waals surface area (Å²) in [7, 11) is 1.62. The molecule has 1 aliphatic heterocycles. The number of benzene rings is 1. The molecule has 4 atom stereocenters. The van der Waals surface area contributed by atoms with Gasteiger partial charge in [-0.2, -0.15) is 0 Å². The van der Waals surface area contributed by atoms with Crippen LogP contribution in [-0.2, 0) is 9.53 Å². The predicted octanol–water partition coefficient (Wildman–Crippen LogP) is 4.74. The van der Waals surface area contributed by atoms with E-state index in [1.165, 1.54) is 12.8 Å². The van der Waals surface area contributed by atoms with Gasteiger partial charge in [-0.15, -0.1) is 0 Å². The smallest absolute Gasteiger partial charge is 0.408 e. The highest BCUT2D eigenvalue weighted by atomic mass is 16.6. The van der Waals surface area contributed by atoms with E-state index < -0.39 is 34.7 Å². The Morgan fingerprint density at radius 1 is 1.16 bits per heavy atom. The maximum absolute atomic E-state index is 13.9. The molecule has 3 rings (SSSR count). The molecule has 0 spiro atoms. The van der Waals surface area contributed by atoms with Crippen LogP contribution in [0, 0.1) is 16.7 Å². The third kappa shape index (κ3) is 7.09. The number of alkyl carbamates (subject to hydrolysis) is 1. The van der Waals surface area contributed by atoms with Crippen molar-refractivity contribution in [1.82, 2.24) is 10.2 Å². The van der Waals surface area contributed by atoms with Gasteiger partial charge in [-0.3, -0.25) is 4.79 Å². The largest absolute Gasteiger partial charge is 0.493 e. The van der Waals surface area contributed by atoms with Gasteiger partial charge in [0.1, 0.15) is 11.6 Å². The van der Waals surface area contributed by atoms with Crippen LogP contribution in [-0.4, -0.2) is 66.6 Å². The van der Waals surface area contributed by atoms with Crippen molar-refractivity contribution in [2.75, 3.05) is 26.8 Å². The quantitative estimate of drug-likeness (QED) is 0.516. The Morgan fingerprint density at radius 2 is 1.81 bits per heavy atom. The van der Waals surface area contributed by atoms with Crippen molar-refractivity contribution in [2.45, 2.75) is 91.9 Å². The van der Waals surface area contributed by atoms with E-state index in [1.54, 1.807) is 39.7 Å². The molecule has 1 saturated carbocycles. The van der Waals surface area contributed by atoms with E-state index in [1.807, 2.05) is 45.9 Å². The second-order valence-corrected chi connectivity index (χ2v) is 13.1. The predicted molar refractivity (Wildman–Crippen MR) is 143 cm³/mol. The normalized spacial score (nSPS) is 23.8. The first-order valence-electron chi connectivity index (χ1n) is 13.3. The number of nitrogens with zero attached hydrogens (tertiary/aromatic N) is 1. The van der Waals surface area contributed by atoms with Gasteiger partial charge in [-0.05, 0) is 69.6 Å². The molecule has 2 fully saturated rings. The van der Waals surface area contributed by atoms with Crippen molar-refractivity contribution < 1.29 is 28.9 Å². The van der Waals surface area contributed by atoms with Gasteiger partial charge >= 0.3 is 6.09 Å². The van der Waals surface area contributed by atoms with Crippen molar-refractivity contribution in [3.05, 3.63) is 23.8 Å². The molecule has 1 heterocycles. The molecule has 1 aliphatic carbocycles. The number of aliphatic hydroxyl groups is 1. The van der Waals surface area contributed by atoms with Gasteiger partial charge in [0.05, 0.1) is 19.8 Å². The Morgan fingerprint density at radius 3 is 2.32 bits per heavy atom. The number of nitrogens with one attached hydrogen (secondary N) is 1. The Hall–Kier alpha value is -2.48. The molecule has 0 bridgehead atoms. The highest BCUT2D eigenvalue weighted by Gasteiger charge is 2.50. The average Bonchev–Trinajstić information content (AvgIpc) is 3.53. The number of hydrogen-bond acceptors (Lipinski definition) is 6. The summed E-state index contributed by atoms with van der Waals surface area (Å²) in [6.07, 6.45) is 1.09. The van der Waals surface area contributed by atoms with Gasteiger partial charge in [-0.1, -0.05) is 33.8 Å². The van der Waals surface area contributed by atoms with Gasteiger partial charge in [0, 0.05) is 24.4 Å². The first-order chi connectivity index (χ1) is 17.0. The van der Waals surface area contributed by atoms with Gasteiger partial charge in [0.15, 0.2) is 11.5 Å². The van der Waals surface area contributed by atoms with E-state index in [0.29, 0.717) is 37.1 Å². The fraction of sp³-hybridized carbons (Fsp3) is 0.724. The van der Waals surface area contributed by atoms with E-state index in [0.717, 1.165) is 5.56 Å². The summed E-state index contributed by atoms with van der Waals surface area (Å²) in [5.74, 6) is 1.63. The molecule has 2 N–H and O–H groups in total. The Kier molecular flexibility index (Phi) is 8.42. The van der Waals surface area contributed by atoms with Crippen LogP contribution in [0.5, 0.6) is 11.5 Å². The number of ether oxygens (including phenoxy) is 3. The molecule has 2 amide bonds. The minimum atomic E-state index is -0.785. The lowest BCUT2D eigenvalue weighted by Crippen LogP contribution is -2.55. The third-order valence-corrected chi connectivity index (χ3v) is 7.53. The van der Waals surface area contributed by atoms with Crippen LogP contribution in [0.4, 0.5) is 4.79 Å². The number of amides is 2. The lowest BCUT2D eigenvalue weighted by atomic mass is 9.72. The molecule has 208 valence electrons. The lowest BCUT2D eigenvalue weighted by molar-refractivity contribution is -0.135. The molecule has 1 aromatic carbocycles. The summed E-state index contributed by atoms with van der Waals surface area (Å²) in [6, 6.07) is 5.09. The molecular weight excluding hydrogens is 472 g/mol. The monoisotopic (exact) mass is 518 g/mol. The zero-order valence-electron chi connectivity index (χ0n) is 24.0. The Labute approximate surface area is 222 Å². The van der Waals surface area contributed by atoms with Crippen molar-refractivity contribution in [3.8, 4) is 11.5 Å². The zero-order valence-corrected chi connectivity index (χ0v) is 24.0. The molecule has 1 saturated heterocycles. The van der Waals surface area contributed by atoms with Crippen LogP contribution >= 0.6 is 0 Å². The van der Waals surface area contributed by atoms with Gasteiger partial charge < -0.3 is 29.5 Å². The number of methoxy groups -OCH3 is 1.